The van der Waals surface area contributed by atoms with Crippen LogP contribution in [0.5, 0.6) is 0 Å². The third kappa shape index (κ3) is 4.01. The number of hydrogen-bond acceptors (Lipinski definition) is 5. The Bertz CT molecular complexity index is 1080. The Morgan fingerprint density at radius 3 is 2.90 bits per heavy atom. The zero-order valence-corrected chi connectivity index (χ0v) is 18.7. The van der Waals surface area contributed by atoms with Crippen molar-refractivity contribution in [1.82, 2.24) is 15.0 Å². The van der Waals surface area contributed by atoms with E-state index in [1.165, 1.54) is 33.0 Å². The number of likely N-dealkylation sites (tertiary alicyclic amines) is 1. The standard InChI is InChI=1S/C24H28FN3O2S/c1-2-18-19-7-11-28(15-29)14-23(19)31-22(18)8-12-27-9-5-16(6-10-27)24-20-4-3-17(25)13-21(20)30-26-24/h3-4,13,15-16H,2,5-12,14H2,1H3. The van der Waals surface area contributed by atoms with Gasteiger partial charge in [0.2, 0.25) is 6.41 Å². The number of rotatable bonds is 6. The summed E-state index contributed by atoms with van der Waals surface area (Å²) < 4.78 is 18.8. The molecule has 5 nitrogen and oxygen atoms in total. The molecule has 164 valence electrons. The number of benzene rings is 1. The molecule has 0 spiro atoms. The molecule has 0 atom stereocenters. The average molecular weight is 442 g/mol. The zero-order chi connectivity index (χ0) is 21.4. The van der Waals surface area contributed by atoms with E-state index in [-0.39, 0.29) is 5.82 Å². The Kier molecular flexibility index (Phi) is 5.80. The molecule has 1 fully saturated rings. The highest BCUT2D eigenvalue weighted by Crippen LogP contribution is 2.35. The van der Waals surface area contributed by atoms with E-state index in [1.54, 1.807) is 6.07 Å². The van der Waals surface area contributed by atoms with Crippen LogP contribution in [0.4, 0.5) is 4.39 Å². The molecule has 1 saturated heterocycles. The monoisotopic (exact) mass is 441 g/mol. The van der Waals surface area contributed by atoms with Crippen LogP contribution in [-0.4, -0.2) is 47.5 Å². The van der Waals surface area contributed by atoms with Crippen molar-refractivity contribution >= 4 is 28.7 Å². The summed E-state index contributed by atoms with van der Waals surface area (Å²) in [4.78, 5) is 18.5. The van der Waals surface area contributed by atoms with Gasteiger partial charge in [-0.3, -0.25) is 4.79 Å². The Hall–Kier alpha value is -2.25. The number of carbonyl (C=O) groups is 1. The first-order valence-corrected chi connectivity index (χ1v) is 12.1. The van der Waals surface area contributed by atoms with Gasteiger partial charge in [-0.05, 0) is 68.5 Å². The van der Waals surface area contributed by atoms with Crippen molar-refractivity contribution in [1.29, 1.82) is 0 Å². The molecule has 0 N–H and O–H groups in total. The van der Waals surface area contributed by atoms with Gasteiger partial charge in [0.15, 0.2) is 5.58 Å². The number of fused-ring (bicyclic) bond motifs is 2. The lowest BCUT2D eigenvalue weighted by Crippen LogP contribution is -2.34. The van der Waals surface area contributed by atoms with Gasteiger partial charge < -0.3 is 14.3 Å². The molecule has 2 aliphatic rings. The number of amides is 1. The number of nitrogens with zero attached hydrogens (tertiary/aromatic N) is 3. The first kappa shape index (κ1) is 20.6. The number of piperidine rings is 1. The maximum atomic E-state index is 13.4. The lowest BCUT2D eigenvalue weighted by molar-refractivity contribution is -0.118. The number of carbonyl (C=O) groups excluding carboxylic acids is 1. The van der Waals surface area contributed by atoms with Crippen molar-refractivity contribution in [2.75, 3.05) is 26.2 Å². The smallest absolute Gasteiger partial charge is 0.210 e. The molecule has 2 aliphatic heterocycles. The molecule has 7 heteroatoms. The normalized spacial score (nSPS) is 17.9. The van der Waals surface area contributed by atoms with Gasteiger partial charge in [-0.2, -0.15) is 0 Å². The van der Waals surface area contributed by atoms with Gasteiger partial charge >= 0.3 is 0 Å². The van der Waals surface area contributed by atoms with Crippen molar-refractivity contribution in [3.63, 3.8) is 0 Å². The van der Waals surface area contributed by atoms with Gasteiger partial charge in [0.05, 0.1) is 12.2 Å². The molecular weight excluding hydrogens is 413 g/mol. The highest BCUT2D eigenvalue weighted by atomic mass is 32.1. The SMILES string of the molecule is CCc1c(CCN2CCC(c3noc4cc(F)ccc34)CC2)sc2c1CCN(C=O)C2. The highest BCUT2D eigenvalue weighted by Gasteiger charge is 2.26. The zero-order valence-electron chi connectivity index (χ0n) is 17.9. The summed E-state index contributed by atoms with van der Waals surface area (Å²) in [5.74, 6) is 0.0862. The molecule has 5 rings (SSSR count). The van der Waals surface area contributed by atoms with Crippen LogP contribution in [0, 0.1) is 5.82 Å². The Labute approximate surface area is 185 Å². The number of halogens is 1. The van der Waals surface area contributed by atoms with Crippen LogP contribution >= 0.6 is 11.3 Å². The third-order valence-corrected chi connectivity index (χ3v) is 8.19. The second-order valence-electron chi connectivity index (χ2n) is 8.66. The van der Waals surface area contributed by atoms with Crippen LogP contribution in [-0.2, 0) is 30.6 Å². The van der Waals surface area contributed by atoms with E-state index in [9.17, 15) is 9.18 Å². The van der Waals surface area contributed by atoms with Gasteiger partial charge in [0.25, 0.3) is 0 Å². The topological polar surface area (TPSA) is 49.6 Å². The van der Waals surface area contributed by atoms with Crippen molar-refractivity contribution in [2.24, 2.45) is 0 Å². The van der Waals surface area contributed by atoms with E-state index in [1.807, 2.05) is 16.2 Å². The molecule has 0 aliphatic carbocycles. The Morgan fingerprint density at radius 2 is 2.13 bits per heavy atom. The molecule has 1 amide bonds. The largest absolute Gasteiger partial charge is 0.356 e. The Balaban J connectivity index is 1.21. The average Bonchev–Trinajstić information content (AvgIpc) is 3.37. The van der Waals surface area contributed by atoms with Gasteiger partial charge in [-0.1, -0.05) is 12.1 Å². The lowest BCUT2D eigenvalue weighted by atomic mass is 9.91. The van der Waals surface area contributed by atoms with E-state index in [2.05, 4.69) is 17.0 Å². The first-order valence-electron chi connectivity index (χ1n) is 11.2. The predicted molar refractivity (Wildman–Crippen MR) is 120 cm³/mol. The molecule has 0 saturated carbocycles. The van der Waals surface area contributed by atoms with Crippen LogP contribution in [0.25, 0.3) is 11.0 Å². The molecule has 4 heterocycles. The maximum absolute atomic E-state index is 13.4. The summed E-state index contributed by atoms with van der Waals surface area (Å²) in [6, 6.07) is 4.69. The summed E-state index contributed by atoms with van der Waals surface area (Å²) in [6.45, 7) is 7.03. The van der Waals surface area contributed by atoms with Crippen LogP contribution in [0.1, 0.15) is 52.3 Å². The second kappa shape index (κ2) is 8.71. The van der Waals surface area contributed by atoms with Crippen LogP contribution in [0.2, 0.25) is 0 Å². The van der Waals surface area contributed by atoms with Crippen molar-refractivity contribution in [3.8, 4) is 0 Å². The molecular formula is C24H28FN3O2S. The van der Waals surface area contributed by atoms with Crippen molar-refractivity contribution in [2.45, 2.75) is 51.5 Å². The summed E-state index contributed by atoms with van der Waals surface area (Å²) in [6.07, 6.45) is 6.23. The quantitative estimate of drug-likeness (QED) is 0.528. The van der Waals surface area contributed by atoms with Gasteiger partial charge in [0.1, 0.15) is 5.82 Å². The minimum absolute atomic E-state index is 0.286. The molecule has 0 radical (unpaired) electrons. The number of aromatic nitrogens is 1. The van der Waals surface area contributed by atoms with Crippen LogP contribution in [0.15, 0.2) is 22.7 Å². The molecule has 3 aromatic rings. The molecule has 0 bridgehead atoms. The molecule has 31 heavy (non-hydrogen) atoms. The van der Waals surface area contributed by atoms with Crippen molar-refractivity contribution in [3.05, 3.63) is 50.6 Å². The summed E-state index contributed by atoms with van der Waals surface area (Å²) in [7, 11) is 0. The minimum Gasteiger partial charge on any atom is -0.356 e. The van der Waals surface area contributed by atoms with Gasteiger partial charge in [0, 0.05) is 40.2 Å². The fourth-order valence-electron chi connectivity index (χ4n) is 5.16. The second-order valence-corrected chi connectivity index (χ2v) is 9.85. The lowest BCUT2D eigenvalue weighted by Gasteiger charge is -2.31. The first-order chi connectivity index (χ1) is 15.2. The summed E-state index contributed by atoms with van der Waals surface area (Å²) in [5.41, 5.74) is 4.56. The molecule has 0 unspecified atom stereocenters. The number of hydrogen-bond donors (Lipinski definition) is 0. The fraction of sp³-hybridized carbons (Fsp3) is 0.500. The fourth-order valence-corrected chi connectivity index (χ4v) is 6.62. The number of thiophene rings is 1. The maximum Gasteiger partial charge on any atom is 0.210 e. The molecule has 2 aromatic heterocycles. The molecule has 1 aromatic carbocycles. The van der Waals surface area contributed by atoms with Crippen molar-refractivity contribution < 1.29 is 13.7 Å². The van der Waals surface area contributed by atoms with Crippen LogP contribution in [0.3, 0.4) is 0 Å². The Morgan fingerprint density at radius 1 is 1.29 bits per heavy atom. The highest BCUT2D eigenvalue weighted by molar-refractivity contribution is 7.12. The van der Waals surface area contributed by atoms with Gasteiger partial charge in [-0.25, -0.2) is 4.39 Å². The summed E-state index contributed by atoms with van der Waals surface area (Å²) in [5, 5.41) is 5.21. The van der Waals surface area contributed by atoms with E-state index >= 15 is 0 Å². The van der Waals surface area contributed by atoms with E-state index in [4.69, 9.17) is 4.52 Å². The third-order valence-electron chi connectivity index (χ3n) is 6.87. The van der Waals surface area contributed by atoms with E-state index in [0.29, 0.717) is 11.5 Å². The van der Waals surface area contributed by atoms with E-state index in [0.717, 1.165) is 82.3 Å². The minimum atomic E-state index is -0.286. The van der Waals surface area contributed by atoms with Gasteiger partial charge in [-0.15, -0.1) is 11.3 Å². The summed E-state index contributed by atoms with van der Waals surface area (Å²) >= 11 is 1.92. The predicted octanol–water partition coefficient (Wildman–Crippen LogP) is 4.53. The van der Waals surface area contributed by atoms with Crippen LogP contribution < -0.4 is 0 Å². The van der Waals surface area contributed by atoms with E-state index < -0.39 is 0 Å².